The van der Waals surface area contributed by atoms with Gasteiger partial charge < -0.3 is 4.74 Å². The lowest BCUT2D eigenvalue weighted by molar-refractivity contribution is 0.209. The van der Waals surface area contributed by atoms with Crippen LogP contribution in [0.5, 0.6) is 5.75 Å². The van der Waals surface area contributed by atoms with E-state index in [1.807, 2.05) is 4.90 Å². The predicted molar refractivity (Wildman–Crippen MR) is 187 cm³/mol. The fourth-order valence-corrected chi connectivity index (χ4v) is 7.64. The fourth-order valence-electron chi connectivity index (χ4n) is 7.64. The van der Waals surface area contributed by atoms with Crippen molar-refractivity contribution in [3.63, 3.8) is 0 Å². The molecule has 0 fully saturated rings. The number of ether oxygens (including phenoxy) is 1. The number of hydrogen-bond donors (Lipinski definition) is 0. The largest absolute Gasteiger partial charge is 0.424 e. The lowest BCUT2D eigenvalue weighted by Gasteiger charge is -2.40. The lowest BCUT2D eigenvalue weighted by atomic mass is 9.34. The highest BCUT2D eigenvalue weighted by atomic mass is 16.6. The van der Waals surface area contributed by atoms with Gasteiger partial charge in [-0.25, -0.2) is 9.69 Å². The van der Waals surface area contributed by atoms with Crippen LogP contribution in [0.3, 0.4) is 0 Å². The van der Waals surface area contributed by atoms with Crippen molar-refractivity contribution < 1.29 is 9.53 Å². The maximum Gasteiger partial charge on any atom is 0.424 e. The Hall–Kier alpha value is -4.57. The third kappa shape index (κ3) is 3.93. The van der Waals surface area contributed by atoms with Crippen molar-refractivity contribution in [3.8, 4) is 5.75 Å². The van der Waals surface area contributed by atoms with Gasteiger partial charge in [0.1, 0.15) is 5.75 Å². The highest BCUT2D eigenvalue weighted by Crippen LogP contribution is 2.49. The summed E-state index contributed by atoms with van der Waals surface area (Å²) in [6.07, 6.45) is 0.476. The molecule has 2 heterocycles. The Bertz CT molecular complexity index is 2180. The van der Waals surface area contributed by atoms with E-state index in [0.29, 0.717) is 0 Å². The Morgan fingerprint density at radius 3 is 2.02 bits per heavy atom. The number of fused-ring (bicyclic) bond motifs is 5. The minimum Gasteiger partial charge on any atom is -0.409 e. The Labute approximate surface area is 259 Å². The minimum atomic E-state index is -0.334. The molecule has 0 unspecified atom stereocenters. The molecule has 0 spiro atoms. The Morgan fingerprint density at radius 1 is 0.659 bits per heavy atom. The summed E-state index contributed by atoms with van der Waals surface area (Å²) < 4.78 is 6.44. The summed E-state index contributed by atoms with van der Waals surface area (Å²) >= 11 is 0. The standard InChI is InChI=1S/C40H36BNO2/c1-39(2,3)23-26-22-30(40(4,5)6)29-19-21-33-36-34(29)37(26)44-38(43)42(36)35-28-16-10-8-13-25(28)18-20-32(35)41(33)31-17-11-14-24-12-7-9-15-27(24)31/h7-22H,23H2,1-6H3. The molecule has 216 valence electrons. The Kier molecular flexibility index (Phi) is 5.66. The van der Waals surface area contributed by atoms with Gasteiger partial charge in [0.05, 0.1) is 11.4 Å². The number of carbonyl (C=O) groups is 1. The van der Waals surface area contributed by atoms with Gasteiger partial charge in [-0.2, -0.15) is 0 Å². The van der Waals surface area contributed by atoms with Crippen molar-refractivity contribution >= 4 is 72.9 Å². The third-order valence-corrected chi connectivity index (χ3v) is 9.37. The van der Waals surface area contributed by atoms with Gasteiger partial charge >= 0.3 is 6.09 Å². The molecule has 4 heteroatoms. The zero-order valence-corrected chi connectivity index (χ0v) is 26.3. The summed E-state index contributed by atoms with van der Waals surface area (Å²) in [6, 6.07) is 34.9. The Balaban J connectivity index is 1.56. The van der Waals surface area contributed by atoms with Crippen molar-refractivity contribution in [2.45, 2.75) is 53.4 Å². The number of carbonyl (C=O) groups excluding carboxylic acids is 1. The van der Waals surface area contributed by atoms with Gasteiger partial charge in [0.25, 0.3) is 0 Å². The molecule has 0 radical (unpaired) electrons. The monoisotopic (exact) mass is 573 g/mol. The Morgan fingerprint density at radius 2 is 1.30 bits per heavy atom. The molecule has 0 saturated carbocycles. The molecule has 6 aromatic rings. The number of hydrogen-bond acceptors (Lipinski definition) is 2. The number of benzene rings is 6. The van der Waals surface area contributed by atoms with E-state index in [9.17, 15) is 4.79 Å². The molecule has 0 saturated heterocycles. The van der Waals surface area contributed by atoms with Crippen LogP contribution in [0.25, 0.3) is 32.3 Å². The average molecular weight is 574 g/mol. The molecule has 0 N–H and O–H groups in total. The summed E-state index contributed by atoms with van der Waals surface area (Å²) in [5.74, 6) is 0.724. The topological polar surface area (TPSA) is 29.5 Å². The number of amides is 1. The van der Waals surface area contributed by atoms with Gasteiger partial charge in [0, 0.05) is 10.8 Å². The second kappa shape index (κ2) is 9.22. The van der Waals surface area contributed by atoms with E-state index < -0.39 is 0 Å². The van der Waals surface area contributed by atoms with Crippen LogP contribution in [-0.2, 0) is 11.8 Å². The molecular weight excluding hydrogens is 537 g/mol. The van der Waals surface area contributed by atoms with E-state index in [1.54, 1.807) is 0 Å². The van der Waals surface area contributed by atoms with Crippen molar-refractivity contribution in [3.05, 3.63) is 108 Å². The molecule has 0 aliphatic carbocycles. The quantitative estimate of drug-likeness (QED) is 0.194. The maximum atomic E-state index is 14.4. The van der Waals surface area contributed by atoms with Gasteiger partial charge in [0.2, 0.25) is 6.71 Å². The van der Waals surface area contributed by atoms with Crippen LogP contribution < -0.4 is 26.0 Å². The van der Waals surface area contributed by atoms with Gasteiger partial charge in [-0.15, -0.1) is 0 Å². The summed E-state index contributed by atoms with van der Waals surface area (Å²) in [4.78, 5) is 16.3. The molecular formula is C40H36BNO2. The van der Waals surface area contributed by atoms with E-state index in [2.05, 4.69) is 139 Å². The van der Waals surface area contributed by atoms with Crippen LogP contribution in [0.15, 0.2) is 97.1 Å². The number of nitrogens with zero attached hydrogens (tertiary/aromatic N) is 1. The summed E-state index contributed by atoms with van der Waals surface area (Å²) in [5.41, 5.74) is 7.70. The molecule has 8 rings (SSSR count). The van der Waals surface area contributed by atoms with E-state index in [4.69, 9.17) is 4.74 Å². The molecule has 6 aromatic carbocycles. The van der Waals surface area contributed by atoms with Crippen LogP contribution >= 0.6 is 0 Å². The van der Waals surface area contributed by atoms with Gasteiger partial charge in [0.15, 0.2) is 0 Å². The third-order valence-electron chi connectivity index (χ3n) is 9.37. The minimum absolute atomic E-state index is 0.0198. The molecule has 0 bridgehead atoms. The zero-order chi connectivity index (χ0) is 30.5. The van der Waals surface area contributed by atoms with Crippen LogP contribution in [0.2, 0.25) is 0 Å². The molecule has 2 aliphatic rings. The summed E-state index contributed by atoms with van der Waals surface area (Å²) in [6.45, 7) is 13.5. The first-order chi connectivity index (χ1) is 21.0. The van der Waals surface area contributed by atoms with Crippen molar-refractivity contribution in [2.75, 3.05) is 4.90 Å². The van der Waals surface area contributed by atoms with Crippen LogP contribution in [0.1, 0.15) is 52.7 Å². The molecule has 0 aromatic heterocycles. The average Bonchev–Trinajstić information content (AvgIpc) is 2.98. The van der Waals surface area contributed by atoms with E-state index in [0.717, 1.165) is 61.6 Å². The predicted octanol–water partition coefficient (Wildman–Crippen LogP) is 8.51. The number of anilines is 2. The van der Waals surface area contributed by atoms with Gasteiger partial charge in [-0.3, -0.25) is 0 Å². The van der Waals surface area contributed by atoms with Crippen molar-refractivity contribution in [1.29, 1.82) is 0 Å². The lowest BCUT2D eigenvalue weighted by Crippen LogP contribution is -2.59. The first-order valence-corrected chi connectivity index (χ1v) is 15.7. The summed E-state index contributed by atoms with van der Waals surface area (Å²) in [7, 11) is 0. The normalized spacial score (nSPS) is 14.4. The fraction of sp³-hybridized carbons (Fsp3) is 0.225. The van der Waals surface area contributed by atoms with Crippen molar-refractivity contribution in [2.24, 2.45) is 5.41 Å². The van der Waals surface area contributed by atoms with Gasteiger partial charge in [-0.1, -0.05) is 144 Å². The molecule has 0 atom stereocenters. The zero-order valence-electron chi connectivity index (χ0n) is 26.3. The number of rotatable bonds is 2. The maximum absolute atomic E-state index is 14.4. The van der Waals surface area contributed by atoms with E-state index in [1.165, 1.54) is 21.8 Å². The second-order valence-electron chi connectivity index (χ2n) is 14.8. The second-order valence-corrected chi connectivity index (χ2v) is 14.8. The molecule has 3 nitrogen and oxygen atoms in total. The van der Waals surface area contributed by atoms with Crippen LogP contribution in [-0.4, -0.2) is 12.8 Å². The SMILES string of the molecule is CC(C)(C)Cc1cc(C(C)(C)C)c2ccc3c4c2c1OC(=O)N4c1c(ccc2ccccc12)B3c1cccc2ccccc12. The molecule has 2 aliphatic heterocycles. The van der Waals surface area contributed by atoms with E-state index in [-0.39, 0.29) is 23.6 Å². The van der Waals surface area contributed by atoms with Gasteiger partial charge in [-0.05, 0) is 60.8 Å². The first kappa shape index (κ1) is 27.0. The molecule has 1 amide bonds. The first-order valence-electron chi connectivity index (χ1n) is 15.7. The van der Waals surface area contributed by atoms with Crippen LogP contribution in [0.4, 0.5) is 16.2 Å². The highest BCUT2D eigenvalue weighted by molar-refractivity contribution is 6.99. The highest BCUT2D eigenvalue weighted by Gasteiger charge is 2.44. The van der Waals surface area contributed by atoms with E-state index >= 15 is 0 Å². The summed E-state index contributed by atoms with van der Waals surface area (Å²) in [5, 5.41) is 6.82. The molecule has 44 heavy (non-hydrogen) atoms. The smallest absolute Gasteiger partial charge is 0.409 e. The van der Waals surface area contributed by atoms with Crippen LogP contribution in [0, 0.1) is 5.41 Å². The van der Waals surface area contributed by atoms with Crippen molar-refractivity contribution in [1.82, 2.24) is 0 Å².